The van der Waals surface area contributed by atoms with E-state index in [4.69, 9.17) is 23.7 Å². The molecule has 11 nitrogen and oxygen atoms in total. The molecule has 0 bridgehead atoms. The average Bonchev–Trinajstić information content (AvgIpc) is 3.04. The number of methoxy groups -OCH3 is 1. The molecule has 8 unspecified atom stereocenters. The predicted octanol–water partition coefficient (Wildman–Crippen LogP) is 1.94. The summed E-state index contributed by atoms with van der Waals surface area (Å²) >= 11 is 0. The van der Waals surface area contributed by atoms with Crippen molar-refractivity contribution in [2.75, 3.05) is 7.11 Å². The highest BCUT2D eigenvalue weighted by molar-refractivity contribution is 5.89. The normalized spacial score (nSPS) is 36.8. The number of hydrogen-bond acceptors (Lipinski definition) is 11. The van der Waals surface area contributed by atoms with Crippen LogP contribution < -0.4 is 0 Å². The van der Waals surface area contributed by atoms with Crippen molar-refractivity contribution < 1.29 is 52.8 Å². The Kier molecular flexibility index (Phi) is 8.40. The van der Waals surface area contributed by atoms with E-state index >= 15 is 0 Å². The Morgan fingerprint density at radius 1 is 1.03 bits per heavy atom. The Morgan fingerprint density at radius 2 is 1.61 bits per heavy atom. The summed E-state index contributed by atoms with van der Waals surface area (Å²) in [6.45, 7) is 8.61. The van der Waals surface area contributed by atoms with Gasteiger partial charge in [0.15, 0.2) is 11.7 Å². The molecule has 1 N–H and O–H groups in total. The minimum absolute atomic E-state index is 0.0270. The summed E-state index contributed by atoms with van der Waals surface area (Å²) in [4.78, 5) is 62.5. The lowest BCUT2D eigenvalue weighted by molar-refractivity contribution is -0.216. The number of ether oxygens (including phenoxy) is 5. The van der Waals surface area contributed by atoms with Gasteiger partial charge in [0.2, 0.25) is 0 Å². The van der Waals surface area contributed by atoms with Crippen molar-refractivity contribution in [3.8, 4) is 0 Å². The zero-order chi connectivity index (χ0) is 28.6. The highest BCUT2D eigenvalue weighted by atomic mass is 16.6. The van der Waals surface area contributed by atoms with Crippen molar-refractivity contribution >= 4 is 29.8 Å². The second-order valence-corrected chi connectivity index (χ2v) is 10.4. The van der Waals surface area contributed by atoms with E-state index < -0.39 is 77.1 Å². The van der Waals surface area contributed by atoms with Crippen molar-refractivity contribution in [3.63, 3.8) is 0 Å². The molecule has 3 rings (SSSR count). The van der Waals surface area contributed by atoms with Gasteiger partial charge in [-0.05, 0) is 32.8 Å². The van der Waals surface area contributed by atoms with Crippen LogP contribution >= 0.6 is 0 Å². The van der Waals surface area contributed by atoms with Gasteiger partial charge in [-0.15, -0.1) is 0 Å². The maximum absolute atomic E-state index is 12.8. The van der Waals surface area contributed by atoms with Crippen molar-refractivity contribution in [2.45, 2.75) is 90.8 Å². The number of hydrogen-bond donors (Lipinski definition) is 1. The molecule has 1 heterocycles. The van der Waals surface area contributed by atoms with Crippen molar-refractivity contribution in [2.24, 2.45) is 17.3 Å². The molecule has 0 aromatic carbocycles. The SMILES string of the molecule is COC(=O)C1=CC2OC(=O)C(C)C2(O)C(OC(C)=O)C2C(C)=CCC(OC(C)=O)C2(C)C(OC(C)=O)CC1. The van der Waals surface area contributed by atoms with Gasteiger partial charge in [-0.1, -0.05) is 18.6 Å². The van der Waals surface area contributed by atoms with Crippen molar-refractivity contribution in [1.29, 1.82) is 0 Å². The minimum Gasteiger partial charge on any atom is -0.466 e. The largest absolute Gasteiger partial charge is 0.466 e. The fourth-order valence-electron chi connectivity index (χ4n) is 6.20. The quantitative estimate of drug-likeness (QED) is 0.319. The number of fused-ring (bicyclic) bond motifs is 2. The van der Waals surface area contributed by atoms with Crippen LogP contribution in [0.1, 0.15) is 60.8 Å². The van der Waals surface area contributed by atoms with Crippen LogP contribution in [-0.4, -0.2) is 72.1 Å². The lowest BCUT2D eigenvalue weighted by Crippen LogP contribution is -2.65. The first-order valence-corrected chi connectivity index (χ1v) is 12.6. The summed E-state index contributed by atoms with van der Waals surface area (Å²) in [7, 11) is 1.19. The lowest BCUT2D eigenvalue weighted by Gasteiger charge is -2.54. The molecule has 0 amide bonds. The van der Waals surface area contributed by atoms with E-state index in [1.807, 2.05) is 6.08 Å². The molecule has 0 aromatic heterocycles. The van der Waals surface area contributed by atoms with E-state index in [0.29, 0.717) is 5.57 Å². The Bertz CT molecular complexity index is 1070. The van der Waals surface area contributed by atoms with Gasteiger partial charge in [-0.2, -0.15) is 0 Å². The second kappa shape index (κ2) is 10.9. The second-order valence-electron chi connectivity index (χ2n) is 10.4. The van der Waals surface area contributed by atoms with Crippen LogP contribution in [0.3, 0.4) is 0 Å². The standard InChI is InChI=1S/C27H36O11/c1-13-8-10-19(35-15(3)28)26(6)20(36-16(4)29)11-9-18(25(32)34-7)12-21-27(33,14(2)24(31)38-21)23(22(13)26)37-17(5)30/h8,12,14,19-23,33H,9-11H2,1-7H3. The maximum atomic E-state index is 12.8. The van der Waals surface area contributed by atoms with Gasteiger partial charge in [0.05, 0.1) is 18.4 Å². The van der Waals surface area contributed by atoms with Gasteiger partial charge in [0.1, 0.15) is 18.3 Å². The highest BCUT2D eigenvalue weighted by Gasteiger charge is 2.67. The number of carbonyl (C=O) groups excluding carboxylic acids is 5. The monoisotopic (exact) mass is 536 g/mol. The third-order valence-corrected chi connectivity index (χ3v) is 8.09. The molecule has 0 aromatic rings. The number of rotatable bonds is 4. The zero-order valence-corrected chi connectivity index (χ0v) is 22.8. The zero-order valence-electron chi connectivity index (χ0n) is 22.8. The third kappa shape index (κ3) is 5.08. The minimum atomic E-state index is -2.14. The van der Waals surface area contributed by atoms with Gasteiger partial charge in [0, 0.05) is 38.7 Å². The van der Waals surface area contributed by atoms with Gasteiger partial charge < -0.3 is 28.8 Å². The topological polar surface area (TPSA) is 152 Å². The molecule has 0 saturated carbocycles. The molecule has 11 heteroatoms. The van der Waals surface area contributed by atoms with Gasteiger partial charge in [0.25, 0.3) is 0 Å². The van der Waals surface area contributed by atoms with Crippen molar-refractivity contribution in [1.82, 2.24) is 0 Å². The Morgan fingerprint density at radius 3 is 2.16 bits per heavy atom. The predicted molar refractivity (Wildman–Crippen MR) is 130 cm³/mol. The first kappa shape index (κ1) is 29.3. The summed E-state index contributed by atoms with van der Waals surface area (Å²) in [5.74, 6) is -5.47. The molecule has 1 fully saturated rings. The van der Waals surface area contributed by atoms with Crippen LogP contribution in [0.15, 0.2) is 23.3 Å². The fraction of sp³-hybridized carbons (Fsp3) is 0.667. The van der Waals surface area contributed by atoms with E-state index in [1.54, 1.807) is 13.8 Å². The molecular weight excluding hydrogens is 500 g/mol. The van der Waals surface area contributed by atoms with Crippen LogP contribution in [-0.2, 0) is 47.7 Å². The molecule has 2 aliphatic carbocycles. The summed E-state index contributed by atoms with van der Waals surface area (Å²) < 4.78 is 27.8. The van der Waals surface area contributed by atoms with E-state index in [1.165, 1.54) is 40.9 Å². The van der Waals surface area contributed by atoms with Crippen LogP contribution in [0.25, 0.3) is 0 Å². The summed E-state index contributed by atoms with van der Waals surface area (Å²) in [6.07, 6.45) is -1.10. The van der Waals surface area contributed by atoms with E-state index in [-0.39, 0.29) is 24.8 Å². The summed E-state index contributed by atoms with van der Waals surface area (Å²) in [5, 5.41) is 12.3. The molecule has 1 saturated heterocycles. The van der Waals surface area contributed by atoms with E-state index in [2.05, 4.69) is 0 Å². The number of esters is 5. The maximum Gasteiger partial charge on any atom is 0.333 e. The smallest absolute Gasteiger partial charge is 0.333 e. The first-order chi connectivity index (χ1) is 17.7. The Balaban J connectivity index is 2.39. The summed E-state index contributed by atoms with van der Waals surface area (Å²) in [6, 6.07) is 0. The molecule has 0 radical (unpaired) electrons. The van der Waals surface area contributed by atoms with Crippen LogP contribution in [0, 0.1) is 17.3 Å². The van der Waals surface area contributed by atoms with Crippen LogP contribution in [0.4, 0.5) is 0 Å². The van der Waals surface area contributed by atoms with Gasteiger partial charge >= 0.3 is 29.8 Å². The first-order valence-electron chi connectivity index (χ1n) is 12.6. The van der Waals surface area contributed by atoms with E-state index in [9.17, 15) is 29.1 Å². The summed E-state index contributed by atoms with van der Waals surface area (Å²) in [5.41, 5.74) is -2.65. The molecular formula is C27H36O11. The van der Waals surface area contributed by atoms with Gasteiger partial charge in [-0.3, -0.25) is 19.2 Å². The van der Waals surface area contributed by atoms with Crippen LogP contribution in [0.5, 0.6) is 0 Å². The average molecular weight is 537 g/mol. The van der Waals surface area contributed by atoms with Gasteiger partial charge in [-0.25, -0.2) is 4.79 Å². The highest BCUT2D eigenvalue weighted by Crippen LogP contribution is 2.55. The molecule has 0 spiro atoms. The molecule has 1 aliphatic heterocycles. The fourth-order valence-corrected chi connectivity index (χ4v) is 6.20. The Labute approximate surface area is 221 Å². The van der Waals surface area contributed by atoms with Crippen molar-refractivity contribution in [3.05, 3.63) is 23.3 Å². The molecule has 210 valence electrons. The number of carbonyl (C=O) groups is 5. The third-order valence-electron chi connectivity index (χ3n) is 8.09. The number of aliphatic hydroxyl groups is 1. The lowest BCUT2D eigenvalue weighted by atomic mass is 9.56. The van der Waals surface area contributed by atoms with E-state index in [0.717, 1.165) is 0 Å². The molecule has 3 aliphatic rings. The Hall–Kier alpha value is -3.21. The molecule has 8 atom stereocenters. The molecule has 38 heavy (non-hydrogen) atoms. The van der Waals surface area contributed by atoms with Crippen LogP contribution in [0.2, 0.25) is 0 Å².